The first-order chi connectivity index (χ1) is 8.40. The molecule has 0 heterocycles. The Bertz CT molecular complexity index is 461. The van der Waals surface area contributed by atoms with Crippen LogP contribution in [0.5, 0.6) is 5.75 Å². The zero-order valence-corrected chi connectivity index (χ0v) is 10.8. The van der Waals surface area contributed by atoms with E-state index in [0.29, 0.717) is 10.8 Å². The third-order valence-electron chi connectivity index (χ3n) is 2.24. The summed E-state index contributed by atoms with van der Waals surface area (Å²) in [4.78, 5) is 21.9. The maximum Gasteiger partial charge on any atom is 0.325 e. The van der Waals surface area contributed by atoms with Crippen molar-refractivity contribution in [2.45, 2.75) is 19.9 Å². The van der Waals surface area contributed by atoms with Gasteiger partial charge in [0.1, 0.15) is 11.8 Å². The van der Waals surface area contributed by atoms with E-state index in [0.717, 1.165) is 5.56 Å². The molecule has 0 spiro atoms. The first kappa shape index (κ1) is 14.3. The minimum absolute atomic E-state index is 0.236. The van der Waals surface area contributed by atoms with Crippen LogP contribution in [0.3, 0.4) is 0 Å². The lowest BCUT2D eigenvalue weighted by Gasteiger charge is -2.11. The number of aliphatic carboxylic acids is 1. The molecular weight excluding hydrogens is 258 g/mol. The van der Waals surface area contributed by atoms with Gasteiger partial charge in [0, 0.05) is 5.02 Å². The molecule has 5 nitrogen and oxygen atoms in total. The third kappa shape index (κ3) is 4.25. The van der Waals surface area contributed by atoms with Gasteiger partial charge in [-0.25, -0.2) is 0 Å². The summed E-state index contributed by atoms with van der Waals surface area (Å²) < 4.78 is 5.27. The standard InChI is InChI=1S/C12H14ClNO4/c1-7-5-9(13)3-4-10(7)18-6-11(15)14-8(2)12(16)17/h3-5,8H,6H2,1-2H3,(H,14,15)(H,16,17)/t8-/m1/s1. The van der Waals surface area contributed by atoms with Crippen LogP contribution >= 0.6 is 11.6 Å². The Morgan fingerprint density at radius 2 is 2.17 bits per heavy atom. The number of nitrogens with one attached hydrogen (secondary N) is 1. The van der Waals surface area contributed by atoms with Gasteiger partial charge in [-0.2, -0.15) is 0 Å². The number of rotatable bonds is 5. The van der Waals surface area contributed by atoms with Crippen LogP contribution in [0.15, 0.2) is 18.2 Å². The molecule has 1 rings (SSSR count). The molecule has 6 heteroatoms. The van der Waals surface area contributed by atoms with E-state index >= 15 is 0 Å². The highest BCUT2D eigenvalue weighted by Crippen LogP contribution is 2.21. The van der Waals surface area contributed by atoms with E-state index in [9.17, 15) is 9.59 Å². The van der Waals surface area contributed by atoms with Crippen LogP contribution in [0.4, 0.5) is 0 Å². The van der Waals surface area contributed by atoms with E-state index in [-0.39, 0.29) is 6.61 Å². The van der Waals surface area contributed by atoms with Crippen LogP contribution in [0.25, 0.3) is 0 Å². The van der Waals surface area contributed by atoms with Gasteiger partial charge in [0.15, 0.2) is 6.61 Å². The van der Waals surface area contributed by atoms with E-state index in [2.05, 4.69) is 5.32 Å². The second-order valence-corrected chi connectivity index (χ2v) is 4.26. The van der Waals surface area contributed by atoms with Crippen LogP contribution in [0.1, 0.15) is 12.5 Å². The van der Waals surface area contributed by atoms with Crippen molar-refractivity contribution in [1.82, 2.24) is 5.32 Å². The third-order valence-corrected chi connectivity index (χ3v) is 2.48. The van der Waals surface area contributed by atoms with Crippen LogP contribution in [-0.4, -0.2) is 29.6 Å². The lowest BCUT2D eigenvalue weighted by atomic mass is 10.2. The molecule has 1 atom stereocenters. The number of carboxylic acids is 1. The summed E-state index contributed by atoms with van der Waals surface area (Å²) in [5.41, 5.74) is 0.807. The van der Waals surface area contributed by atoms with E-state index in [1.54, 1.807) is 25.1 Å². The highest BCUT2D eigenvalue weighted by Gasteiger charge is 2.14. The van der Waals surface area contributed by atoms with Gasteiger partial charge in [-0.1, -0.05) is 11.6 Å². The monoisotopic (exact) mass is 271 g/mol. The van der Waals surface area contributed by atoms with Crippen LogP contribution in [0, 0.1) is 6.92 Å². The molecule has 0 aliphatic rings. The van der Waals surface area contributed by atoms with Gasteiger partial charge in [0.05, 0.1) is 0 Å². The molecule has 1 amide bonds. The fourth-order valence-corrected chi connectivity index (χ4v) is 1.49. The second kappa shape index (κ2) is 6.26. The summed E-state index contributed by atoms with van der Waals surface area (Å²) in [6, 6.07) is 4.09. The summed E-state index contributed by atoms with van der Waals surface area (Å²) >= 11 is 5.78. The van der Waals surface area contributed by atoms with Gasteiger partial charge in [-0.15, -0.1) is 0 Å². The van der Waals surface area contributed by atoms with Gasteiger partial charge in [0.25, 0.3) is 5.91 Å². The molecule has 0 radical (unpaired) electrons. The fraction of sp³-hybridized carbons (Fsp3) is 0.333. The molecule has 0 saturated heterocycles. The Kier molecular flexibility index (Phi) is 4.97. The predicted molar refractivity (Wildman–Crippen MR) is 66.9 cm³/mol. The molecule has 1 aromatic carbocycles. The number of hydrogen-bond donors (Lipinski definition) is 2. The average molecular weight is 272 g/mol. The number of ether oxygens (including phenoxy) is 1. The van der Waals surface area contributed by atoms with Gasteiger partial charge in [-0.05, 0) is 37.6 Å². The normalized spacial score (nSPS) is 11.7. The van der Waals surface area contributed by atoms with Crippen molar-refractivity contribution in [2.75, 3.05) is 6.61 Å². The smallest absolute Gasteiger partial charge is 0.325 e. The SMILES string of the molecule is Cc1cc(Cl)ccc1OCC(=O)N[C@H](C)C(=O)O. The first-order valence-corrected chi connectivity index (χ1v) is 5.69. The molecule has 0 aliphatic heterocycles. The van der Waals surface area contributed by atoms with Gasteiger partial charge < -0.3 is 15.2 Å². The first-order valence-electron chi connectivity index (χ1n) is 5.31. The molecule has 18 heavy (non-hydrogen) atoms. The average Bonchev–Trinajstić information content (AvgIpc) is 2.27. The van der Waals surface area contributed by atoms with Gasteiger partial charge in [-0.3, -0.25) is 9.59 Å². The molecule has 1 aromatic rings. The van der Waals surface area contributed by atoms with Crippen molar-refractivity contribution in [1.29, 1.82) is 0 Å². The Labute approximate surface area is 110 Å². The lowest BCUT2D eigenvalue weighted by molar-refractivity contribution is -0.141. The number of hydrogen-bond acceptors (Lipinski definition) is 3. The lowest BCUT2D eigenvalue weighted by Crippen LogP contribution is -2.40. The minimum atomic E-state index is -1.09. The number of benzene rings is 1. The van der Waals surface area contributed by atoms with Crippen LogP contribution in [-0.2, 0) is 9.59 Å². The summed E-state index contributed by atoms with van der Waals surface area (Å²) in [6.45, 7) is 2.95. The number of carboxylic acid groups (broad SMARTS) is 1. The largest absolute Gasteiger partial charge is 0.484 e. The Balaban J connectivity index is 2.50. The minimum Gasteiger partial charge on any atom is -0.484 e. The topological polar surface area (TPSA) is 75.6 Å². The van der Waals surface area contributed by atoms with E-state index in [4.69, 9.17) is 21.4 Å². The summed E-state index contributed by atoms with van der Waals surface area (Å²) in [5.74, 6) is -1.04. The molecule has 0 bridgehead atoms. The van der Waals surface area contributed by atoms with Crippen molar-refractivity contribution in [3.63, 3.8) is 0 Å². The molecule has 0 unspecified atom stereocenters. The molecule has 0 aromatic heterocycles. The number of carbonyl (C=O) groups excluding carboxylic acids is 1. The van der Waals surface area contributed by atoms with Gasteiger partial charge in [0.2, 0.25) is 0 Å². The van der Waals surface area contributed by atoms with Crippen molar-refractivity contribution in [3.05, 3.63) is 28.8 Å². The summed E-state index contributed by atoms with van der Waals surface area (Å²) in [7, 11) is 0. The quantitative estimate of drug-likeness (QED) is 0.853. The number of halogens is 1. The number of aryl methyl sites for hydroxylation is 1. The van der Waals surface area contributed by atoms with E-state index < -0.39 is 17.9 Å². The van der Waals surface area contributed by atoms with E-state index in [1.807, 2.05) is 0 Å². The summed E-state index contributed by atoms with van der Waals surface area (Å²) in [5, 5.41) is 11.5. The zero-order chi connectivity index (χ0) is 13.7. The zero-order valence-electron chi connectivity index (χ0n) is 10.1. The van der Waals surface area contributed by atoms with Gasteiger partial charge >= 0.3 is 5.97 Å². The maximum absolute atomic E-state index is 11.4. The number of carbonyl (C=O) groups is 2. The van der Waals surface area contributed by atoms with Crippen molar-refractivity contribution < 1.29 is 19.4 Å². The second-order valence-electron chi connectivity index (χ2n) is 3.83. The predicted octanol–water partition coefficient (Wildman–Crippen LogP) is 1.62. The van der Waals surface area contributed by atoms with Crippen molar-refractivity contribution in [3.8, 4) is 5.75 Å². The molecule has 98 valence electrons. The Morgan fingerprint density at radius 3 is 2.72 bits per heavy atom. The highest BCUT2D eigenvalue weighted by molar-refractivity contribution is 6.30. The highest BCUT2D eigenvalue weighted by atomic mass is 35.5. The van der Waals surface area contributed by atoms with Crippen molar-refractivity contribution in [2.24, 2.45) is 0 Å². The molecule has 2 N–H and O–H groups in total. The van der Waals surface area contributed by atoms with Crippen molar-refractivity contribution >= 4 is 23.5 Å². The van der Waals surface area contributed by atoms with Crippen LogP contribution < -0.4 is 10.1 Å². The van der Waals surface area contributed by atoms with Crippen LogP contribution in [0.2, 0.25) is 5.02 Å². The molecule has 0 aliphatic carbocycles. The molecular formula is C12H14ClNO4. The fourth-order valence-electron chi connectivity index (χ4n) is 1.26. The van der Waals surface area contributed by atoms with E-state index in [1.165, 1.54) is 6.92 Å². The maximum atomic E-state index is 11.4. The molecule has 0 fully saturated rings. The Hall–Kier alpha value is -1.75. The Morgan fingerprint density at radius 1 is 1.50 bits per heavy atom. The summed E-state index contributed by atoms with van der Waals surface area (Å²) in [6.07, 6.45) is 0. The molecule has 0 saturated carbocycles. The number of amides is 1.